The van der Waals surface area contributed by atoms with E-state index in [4.69, 9.17) is 30.0 Å². The Labute approximate surface area is 176 Å². The number of carbonyl (C=O) groups is 3. The summed E-state index contributed by atoms with van der Waals surface area (Å²) in [5.74, 6) is 0. The van der Waals surface area contributed by atoms with E-state index in [-0.39, 0.29) is 84.4 Å². The summed E-state index contributed by atoms with van der Waals surface area (Å²) in [4.78, 5) is 25.7. The van der Waals surface area contributed by atoms with Gasteiger partial charge in [-0.25, -0.2) is 0 Å². The molecule has 10 heteroatoms. The summed E-state index contributed by atoms with van der Waals surface area (Å²) in [5.41, 5.74) is -0.667. The van der Waals surface area contributed by atoms with Crippen molar-refractivity contribution in [1.29, 1.82) is 0 Å². The number of carbonyl (C=O) groups excluding carboxylic acids is 3. The van der Waals surface area contributed by atoms with Gasteiger partial charge in [-0.1, -0.05) is 13.8 Å². The molecule has 0 aromatic carbocycles. The van der Waals surface area contributed by atoms with E-state index in [0.717, 1.165) is 12.7 Å². The van der Waals surface area contributed by atoms with Crippen molar-refractivity contribution in [2.24, 2.45) is 5.41 Å². The predicted octanol–water partition coefficient (Wildman–Crippen LogP) is -7.64. The van der Waals surface area contributed by atoms with Crippen molar-refractivity contribution in [2.45, 2.75) is 33.1 Å². The van der Waals surface area contributed by atoms with Crippen molar-refractivity contribution >= 4 is 19.5 Å². The molecular formula is C12H26Na2O8. The number of carboxylic acid groups (broad SMARTS) is 1. The molecule has 22 heavy (non-hydrogen) atoms. The molecule has 0 aliphatic rings. The minimum Gasteiger partial charge on any atom is -0.870 e. The van der Waals surface area contributed by atoms with Crippen LogP contribution in [0.5, 0.6) is 0 Å². The van der Waals surface area contributed by atoms with Crippen molar-refractivity contribution < 1.29 is 99.4 Å². The quantitative estimate of drug-likeness (QED) is 0.316. The zero-order valence-corrected chi connectivity index (χ0v) is 18.0. The Kier molecular flexibility index (Phi) is 84.8. The molecule has 0 aliphatic heterocycles. The largest absolute Gasteiger partial charge is 1.00 e. The SMILES string of the molecule is C=O.CCC(CO)(CO)CO.CCCC=O.O=C[O-].[Na+].[Na+].[OH-]. The monoisotopic (exact) mass is 344 g/mol. The molecule has 0 aromatic rings. The molecule has 124 valence electrons. The topological polar surface area (TPSA) is 165 Å². The van der Waals surface area contributed by atoms with Crippen LogP contribution in [0.4, 0.5) is 0 Å². The van der Waals surface area contributed by atoms with Gasteiger partial charge in [-0.3, -0.25) is 0 Å². The number of aldehydes is 1. The second kappa shape index (κ2) is 43.0. The fourth-order valence-corrected chi connectivity index (χ4v) is 0.603. The molecule has 0 aromatic heterocycles. The zero-order chi connectivity index (χ0) is 16.2. The van der Waals surface area contributed by atoms with E-state index in [2.05, 4.69) is 0 Å². The molecule has 0 unspecified atom stereocenters. The van der Waals surface area contributed by atoms with E-state index in [1.54, 1.807) is 0 Å². The first kappa shape index (κ1) is 43.3. The fraction of sp³-hybridized carbons (Fsp3) is 0.750. The van der Waals surface area contributed by atoms with Crippen molar-refractivity contribution in [1.82, 2.24) is 0 Å². The minimum absolute atomic E-state index is 0. The molecule has 0 spiro atoms. The molecule has 0 heterocycles. The third kappa shape index (κ3) is 37.2. The average molecular weight is 344 g/mol. The van der Waals surface area contributed by atoms with Crippen LogP contribution in [-0.4, -0.2) is 60.2 Å². The van der Waals surface area contributed by atoms with Gasteiger partial charge in [0.1, 0.15) is 13.1 Å². The summed E-state index contributed by atoms with van der Waals surface area (Å²) in [6.45, 7) is 4.83. The van der Waals surface area contributed by atoms with Crippen molar-refractivity contribution in [3.05, 3.63) is 0 Å². The first-order valence-corrected chi connectivity index (χ1v) is 5.68. The number of unbranched alkanes of at least 4 members (excludes halogenated alkanes) is 1. The van der Waals surface area contributed by atoms with Gasteiger partial charge < -0.3 is 40.3 Å². The summed E-state index contributed by atoms with van der Waals surface area (Å²) >= 11 is 0. The summed E-state index contributed by atoms with van der Waals surface area (Å²) in [7, 11) is 0. The third-order valence-electron chi connectivity index (χ3n) is 2.16. The minimum atomic E-state index is -0.667. The molecule has 4 N–H and O–H groups in total. The van der Waals surface area contributed by atoms with Gasteiger partial charge in [0.2, 0.25) is 0 Å². The van der Waals surface area contributed by atoms with E-state index in [1.807, 2.05) is 20.6 Å². The third-order valence-corrected chi connectivity index (χ3v) is 2.16. The van der Waals surface area contributed by atoms with Crippen LogP contribution in [0, 0.1) is 5.41 Å². The number of rotatable bonds is 6. The normalized spacial score (nSPS) is 7.32. The smallest absolute Gasteiger partial charge is 0.870 e. The average Bonchev–Trinajstić information content (AvgIpc) is 2.47. The second-order valence-electron chi connectivity index (χ2n) is 3.38. The molecule has 0 saturated heterocycles. The predicted molar refractivity (Wildman–Crippen MR) is 70.1 cm³/mol. The number of aliphatic hydroxyl groups excluding tert-OH is 3. The van der Waals surface area contributed by atoms with Gasteiger partial charge in [0.15, 0.2) is 0 Å². The van der Waals surface area contributed by atoms with Gasteiger partial charge in [-0.05, 0) is 12.8 Å². The zero-order valence-electron chi connectivity index (χ0n) is 14.0. The first-order valence-electron chi connectivity index (χ1n) is 5.68. The first-order chi connectivity index (χ1) is 9.07. The molecule has 0 rings (SSSR count). The molecule has 0 saturated carbocycles. The molecular weight excluding hydrogens is 318 g/mol. The summed E-state index contributed by atoms with van der Waals surface area (Å²) in [5, 5.41) is 34.2. The van der Waals surface area contributed by atoms with Crippen LogP contribution in [-0.2, 0) is 14.4 Å². The van der Waals surface area contributed by atoms with Gasteiger partial charge >= 0.3 is 59.1 Å². The number of hydrogen-bond acceptors (Lipinski definition) is 8. The number of hydrogen-bond donors (Lipinski definition) is 3. The Balaban J connectivity index is -0.0000000302. The molecule has 8 nitrogen and oxygen atoms in total. The maximum atomic E-state index is 9.40. The Morgan fingerprint density at radius 2 is 1.27 bits per heavy atom. The summed E-state index contributed by atoms with van der Waals surface area (Å²) in [6.07, 6.45) is 3.21. The Morgan fingerprint density at radius 3 is 1.27 bits per heavy atom. The second-order valence-corrected chi connectivity index (χ2v) is 3.38. The fourth-order valence-electron chi connectivity index (χ4n) is 0.603. The Hall–Kier alpha value is 0.650. The van der Waals surface area contributed by atoms with Crippen LogP contribution in [0.3, 0.4) is 0 Å². The van der Waals surface area contributed by atoms with Crippen LogP contribution in [0.1, 0.15) is 33.1 Å². The van der Waals surface area contributed by atoms with Crippen molar-refractivity contribution in [2.75, 3.05) is 19.8 Å². The van der Waals surface area contributed by atoms with Gasteiger partial charge in [0, 0.05) is 18.3 Å². The van der Waals surface area contributed by atoms with Gasteiger partial charge in [-0.2, -0.15) is 0 Å². The van der Waals surface area contributed by atoms with Crippen LogP contribution < -0.4 is 64.2 Å². The van der Waals surface area contributed by atoms with Gasteiger partial charge in [-0.15, -0.1) is 0 Å². The van der Waals surface area contributed by atoms with E-state index >= 15 is 0 Å². The Morgan fingerprint density at radius 1 is 1.00 bits per heavy atom. The maximum Gasteiger partial charge on any atom is 1.00 e. The van der Waals surface area contributed by atoms with Crippen LogP contribution >= 0.6 is 0 Å². The molecule has 0 fully saturated rings. The standard InChI is InChI=1S/C6H14O3.C4H8O.CH2O2.CH2O.2Na.H2O/c1-2-6(3-7,4-8)5-9;1-2-3-4-5;2-1-3;1-2;;;/h7-9H,2-5H2,1H3;4H,2-3H2,1H3;1H,(H,2,3);1H2;;;1H2/q;;;;2*+1;/p-2. The summed E-state index contributed by atoms with van der Waals surface area (Å²) < 4.78 is 0. The van der Waals surface area contributed by atoms with Crippen LogP contribution in [0.2, 0.25) is 0 Å². The van der Waals surface area contributed by atoms with Gasteiger partial charge in [0.25, 0.3) is 0 Å². The molecule has 0 amide bonds. The van der Waals surface area contributed by atoms with Crippen molar-refractivity contribution in [3.8, 4) is 0 Å². The van der Waals surface area contributed by atoms with E-state index < -0.39 is 11.9 Å². The van der Waals surface area contributed by atoms with Gasteiger partial charge in [0.05, 0.1) is 19.8 Å². The summed E-state index contributed by atoms with van der Waals surface area (Å²) in [6, 6.07) is 0. The molecule has 0 radical (unpaired) electrons. The van der Waals surface area contributed by atoms with Crippen LogP contribution in [0.25, 0.3) is 0 Å². The van der Waals surface area contributed by atoms with Crippen molar-refractivity contribution in [3.63, 3.8) is 0 Å². The number of aliphatic hydroxyl groups is 3. The van der Waals surface area contributed by atoms with E-state index in [9.17, 15) is 4.79 Å². The van der Waals surface area contributed by atoms with E-state index in [0.29, 0.717) is 12.8 Å². The van der Waals surface area contributed by atoms with E-state index in [1.165, 1.54) is 0 Å². The van der Waals surface area contributed by atoms with Crippen LogP contribution in [0.15, 0.2) is 0 Å². The molecule has 0 aliphatic carbocycles. The maximum absolute atomic E-state index is 9.40. The Bertz CT molecular complexity index is 163. The molecule has 0 bridgehead atoms. The molecule has 0 atom stereocenters.